The molecule has 0 saturated carbocycles. The van der Waals surface area contributed by atoms with Gasteiger partial charge < -0.3 is 31.5 Å². The molecule has 0 amide bonds. The Labute approximate surface area is 382 Å². The Balaban J connectivity index is 0.000000160. The van der Waals surface area contributed by atoms with Gasteiger partial charge in [0.1, 0.15) is 22.3 Å². The number of rotatable bonds is 7. The summed E-state index contributed by atoms with van der Waals surface area (Å²) >= 11 is 0. The molecule has 0 aliphatic carbocycles. The van der Waals surface area contributed by atoms with Crippen molar-refractivity contribution < 1.29 is 53.6 Å². The molecule has 0 saturated heterocycles. The topological polar surface area (TPSA) is 32.8 Å². The quantitative estimate of drug-likeness (QED) is 0.0904. The Hall–Kier alpha value is -6.44. The normalized spacial score (nSPS) is 10.2. The monoisotopic (exact) mass is 1140 g/mol. The molecule has 6 heteroatoms. The molecule has 300 valence electrons. The number of benzene rings is 8. The number of nitrogens with zero attached hydrogens (tertiary/aromatic N) is 2. The maximum atomic E-state index is 7.10. The van der Waals surface area contributed by atoms with Crippen molar-refractivity contribution in [3.63, 3.8) is 0 Å². The Morgan fingerprint density at radius 2 is 0.617 bits per heavy atom. The molecule has 60 heavy (non-hydrogen) atoms. The third-order valence-corrected chi connectivity index (χ3v) is 9.86. The maximum Gasteiger partial charge on any atom is 0.135 e. The van der Waals surface area contributed by atoms with Crippen molar-refractivity contribution in [3.05, 3.63) is 230 Å². The summed E-state index contributed by atoms with van der Waals surface area (Å²) in [6.45, 7) is 1.75. The minimum atomic E-state index is 0. The average Bonchev–Trinajstić information content (AvgIpc) is 3.87. The second kappa shape index (κ2) is 21.0. The number of para-hydroxylation sites is 6. The van der Waals surface area contributed by atoms with Crippen LogP contribution in [0.15, 0.2) is 215 Å². The Kier molecular flexibility index (Phi) is 15.1. The summed E-state index contributed by atoms with van der Waals surface area (Å²) in [6.07, 6.45) is 14.2. The number of fused-ring (bicyclic) bond motifs is 6. The maximum absolute atomic E-state index is 7.10. The van der Waals surface area contributed by atoms with Crippen molar-refractivity contribution in [1.29, 1.82) is 0 Å². The van der Waals surface area contributed by atoms with Crippen LogP contribution >= 0.6 is 0 Å². The third kappa shape index (κ3) is 10.0. The van der Waals surface area contributed by atoms with Gasteiger partial charge in [0.15, 0.2) is 0 Å². The van der Waals surface area contributed by atoms with Crippen LogP contribution in [0.1, 0.15) is 11.1 Å². The molecular weight excluding hydrogens is 1100 g/mol. The molecule has 0 N–H and O–H groups in total. The number of hydrogen-bond donors (Lipinski definition) is 0. The van der Waals surface area contributed by atoms with Crippen molar-refractivity contribution in [2.24, 2.45) is 0 Å². The van der Waals surface area contributed by atoms with E-state index in [1.54, 1.807) is 0 Å². The summed E-state index contributed by atoms with van der Waals surface area (Å²) in [5, 5.41) is 4.26. The van der Waals surface area contributed by atoms with Crippen molar-refractivity contribution in [1.82, 2.24) is 0 Å². The summed E-state index contributed by atoms with van der Waals surface area (Å²) in [6, 6.07) is 69.4. The predicted molar refractivity (Wildman–Crippen MR) is 240 cm³/mol. The number of furan rings is 2. The molecule has 0 spiro atoms. The molecule has 2 heterocycles. The fourth-order valence-electron chi connectivity index (χ4n) is 7.05. The van der Waals surface area contributed by atoms with E-state index >= 15 is 0 Å². The van der Waals surface area contributed by atoms with Gasteiger partial charge in [0, 0.05) is 102 Å². The van der Waals surface area contributed by atoms with Crippen LogP contribution < -0.4 is 9.80 Å². The van der Waals surface area contributed by atoms with E-state index in [2.05, 4.69) is 143 Å². The zero-order valence-electron chi connectivity index (χ0n) is 32.4. The molecule has 0 aliphatic rings. The SMILES string of the molecule is [Au].[Au].[C-]#Cc1ccc2oc3ccccc3c2c1.[C-]#Cc1ccc2oc3ccccc3c2c1.c1ccc(N(CCN(c2ccccc2)c2ccccc2)c2ccccc2)cc1. The molecule has 8 aromatic carbocycles. The average molecular weight is 1140 g/mol. The second-order valence-electron chi connectivity index (χ2n) is 13.5. The van der Waals surface area contributed by atoms with Crippen molar-refractivity contribution in [3.8, 4) is 11.8 Å². The minimum absolute atomic E-state index is 0. The summed E-state index contributed by atoms with van der Waals surface area (Å²) in [5.74, 6) is 4.76. The van der Waals surface area contributed by atoms with Gasteiger partial charge in [-0.1, -0.05) is 109 Å². The van der Waals surface area contributed by atoms with E-state index in [0.29, 0.717) is 0 Å². The molecule has 0 atom stereocenters. The zero-order chi connectivity index (χ0) is 39.5. The van der Waals surface area contributed by atoms with Gasteiger partial charge in [-0.2, -0.15) is 0 Å². The fourth-order valence-corrected chi connectivity index (χ4v) is 7.05. The van der Waals surface area contributed by atoms with Crippen LogP contribution in [-0.4, -0.2) is 13.1 Å². The molecule has 0 fully saturated rings. The van der Waals surface area contributed by atoms with Gasteiger partial charge in [-0.15, -0.1) is 35.4 Å². The molecule has 2 radical (unpaired) electrons. The van der Waals surface area contributed by atoms with Crippen LogP contribution in [0.25, 0.3) is 43.9 Å². The molecular formula is C54H38Au2N2O2-2. The van der Waals surface area contributed by atoms with E-state index in [1.165, 1.54) is 22.7 Å². The number of anilines is 4. The largest absolute Gasteiger partial charge is 0.456 e. The van der Waals surface area contributed by atoms with E-state index in [-0.39, 0.29) is 44.8 Å². The Bertz CT molecular complexity index is 2700. The first-order valence-corrected chi connectivity index (χ1v) is 19.1. The first-order chi connectivity index (χ1) is 28.7. The van der Waals surface area contributed by atoms with Crippen LogP contribution in [0.4, 0.5) is 22.7 Å². The number of hydrogen-bond acceptors (Lipinski definition) is 4. The summed E-state index contributed by atoms with van der Waals surface area (Å²) in [7, 11) is 0. The van der Waals surface area contributed by atoms with Gasteiger partial charge in [-0.3, -0.25) is 11.8 Å². The van der Waals surface area contributed by atoms with Gasteiger partial charge in [0.05, 0.1) is 0 Å². The first-order valence-electron chi connectivity index (χ1n) is 19.1. The summed E-state index contributed by atoms with van der Waals surface area (Å²) in [4.78, 5) is 4.75. The Morgan fingerprint density at radius 1 is 0.333 bits per heavy atom. The van der Waals surface area contributed by atoms with Crippen molar-refractivity contribution in [2.75, 3.05) is 22.9 Å². The van der Waals surface area contributed by atoms with Crippen LogP contribution in [0.2, 0.25) is 0 Å². The smallest absolute Gasteiger partial charge is 0.135 e. The van der Waals surface area contributed by atoms with Crippen LogP contribution in [0.3, 0.4) is 0 Å². The first kappa shape index (κ1) is 43.1. The second-order valence-corrected chi connectivity index (χ2v) is 13.5. The van der Waals surface area contributed by atoms with Crippen LogP contribution in [0.5, 0.6) is 0 Å². The Morgan fingerprint density at radius 3 is 0.933 bits per heavy atom. The summed E-state index contributed by atoms with van der Waals surface area (Å²) < 4.78 is 11.3. The van der Waals surface area contributed by atoms with Crippen molar-refractivity contribution >= 4 is 66.6 Å². The van der Waals surface area contributed by atoms with E-state index < -0.39 is 0 Å². The van der Waals surface area contributed by atoms with E-state index in [4.69, 9.17) is 21.7 Å². The molecule has 10 rings (SSSR count). The van der Waals surface area contributed by atoms with E-state index in [9.17, 15) is 0 Å². The molecule has 0 aliphatic heterocycles. The van der Waals surface area contributed by atoms with Gasteiger partial charge in [-0.25, -0.2) is 0 Å². The van der Waals surface area contributed by atoms with Crippen LogP contribution in [0, 0.1) is 24.7 Å². The van der Waals surface area contributed by atoms with Gasteiger partial charge in [0.25, 0.3) is 0 Å². The predicted octanol–water partition coefficient (Wildman–Crippen LogP) is 13.7. The van der Waals surface area contributed by atoms with Crippen molar-refractivity contribution in [2.45, 2.75) is 0 Å². The standard InChI is InChI=1S/C26H24N2.2C14H7O.2Au/c1-5-13-23(14-6-1)27(24-15-7-2-8-16-24)21-22-28(25-17-9-3-10-18-25)26-19-11-4-12-20-26;2*1-2-10-7-8-14-12(9-10)11-5-3-4-6-13(11)15-14;;/h1-20H,21-22H2;2*3-9H;;/q;2*-1;;. The van der Waals surface area contributed by atoms with Gasteiger partial charge >= 0.3 is 0 Å². The van der Waals surface area contributed by atoms with Gasteiger partial charge in [-0.05, 0) is 72.8 Å². The minimum Gasteiger partial charge on any atom is -0.456 e. The fraction of sp³-hybridized carbons (Fsp3) is 0.0370. The van der Waals surface area contributed by atoms with E-state index in [0.717, 1.165) is 68.1 Å². The molecule has 0 bridgehead atoms. The van der Waals surface area contributed by atoms with Gasteiger partial charge in [0.2, 0.25) is 0 Å². The summed E-state index contributed by atoms with van der Waals surface area (Å²) in [5.41, 5.74) is 9.84. The molecule has 2 aromatic heterocycles. The zero-order valence-corrected chi connectivity index (χ0v) is 36.7. The van der Waals surface area contributed by atoms with E-state index in [1.807, 2.05) is 84.9 Å². The third-order valence-electron chi connectivity index (χ3n) is 9.86. The molecule has 10 aromatic rings. The molecule has 0 unspecified atom stereocenters. The van der Waals surface area contributed by atoms with Crippen LogP contribution in [-0.2, 0) is 44.8 Å². The molecule has 4 nitrogen and oxygen atoms in total.